The van der Waals surface area contributed by atoms with Crippen molar-refractivity contribution in [3.63, 3.8) is 0 Å². The molecule has 0 aliphatic carbocycles. The summed E-state index contributed by atoms with van der Waals surface area (Å²) in [6.07, 6.45) is 2.24. The number of halogens is 1. The Labute approximate surface area is 121 Å². The third-order valence-electron chi connectivity index (χ3n) is 3.26. The fourth-order valence-electron chi connectivity index (χ4n) is 2.43. The number of amides is 1. The summed E-state index contributed by atoms with van der Waals surface area (Å²) in [5.74, 6) is -0.0958. The van der Waals surface area contributed by atoms with E-state index >= 15 is 0 Å². The van der Waals surface area contributed by atoms with Crippen LogP contribution in [0.2, 0.25) is 0 Å². The highest BCUT2D eigenvalue weighted by atomic mass is 79.9. The van der Waals surface area contributed by atoms with Crippen molar-refractivity contribution >= 4 is 21.8 Å². The minimum absolute atomic E-state index is 0.0528. The maximum atomic E-state index is 12.3. The summed E-state index contributed by atoms with van der Waals surface area (Å²) < 4.78 is 0.960. The Morgan fingerprint density at radius 2 is 2.21 bits per heavy atom. The normalized spacial score (nSPS) is 16.8. The lowest BCUT2D eigenvalue weighted by Crippen LogP contribution is -2.39. The average Bonchev–Trinajstić information content (AvgIpc) is 2.90. The van der Waals surface area contributed by atoms with Gasteiger partial charge in [-0.15, -0.1) is 0 Å². The molecule has 1 amide bonds. The predicted molar refractivity (Wildman–Crippen MR) is 76.3 cm³/mol. The molecular formula is C14H16BrN3O. The Bertz CT molecular complexity index is 492. The fraction of sp³-hybridized carbons (Fsp3) is 0.429. The van der Waals surface area contributed by atoms with Gasteiger partial charge in [-0.1, -0.05) is 28.1 Å². The molecule has 100 valence electrons. The highest BCUT2D eigenvalue weighted by molar-refractivity contribution is 9.10. The molecule has 4 nitrogen and oxygen atoms in total. The molecule has 1 fully saturated rings. The Morgan fingerprint density at radius 3 is 2.84 bits per heavy atom. The van der Waals surface area contributed by atoms with Crippen molar-refractivity contribution in [2.24, 2.45) is 0 Å². The van der Waals surface area contributed by atoms with E-state index in [0.29, 0.717) is 0 Å². The van der Waals surface area contributed by atoms with E-state index < -0.39 is 0 Å². The van der Waals surface area contributed by atoms with Gasteiger partial charge in [-0.25, -0.2) is 0 Å². The first-order valence-corrected chi connectivity index (χ1v) is 7.16. The maximum Gasteiger partial charge on any atom is 0.242 e. The van der Waals surface area contributed by atoms with Crippen LogP contribution in [-0.2, 0) is 4.79 Å². The summed E-state index contributed by atoms with van der Waals surface area (Å²) in [6.45, 7) is 1.91. The molecule has 1 saturated heterocycles. The number of carbonyl (C=O) groups excluding carboxylic acids is 1. The molecule has 1 aliphatic heterocycles. The van der Waals surface area contributed by atoms with Crippen molar-refractivity contribution in [3.8, 4) is 6.07 Å². The second kappa shape index (κ2) is 6.69. The third-order valence-corrected chi connectivity index (χ3v) is 3.75. The van der Waals surface area contributed by atoms with Gasteiger partial charge in [-0.05, 0) is 43.6 Å². The van der Waals surface area contributed by atoms with Crippen LogP contribution < -0.4 is 5.32 Å². The zero-order valence-corrected chi connectivity index (χ0v) is 12.2. The molecule has 0 aromatic heterocycles. The number of likely N-dealkylation sites (tertiary alicyclic amines) is 1. The Balaban J connectivity index is 2.23. The molecule has 1 atom stereocenters. The largest absolute Gasteiger partial charge is 0.341 e. The monoisotopic (exact) mass is 321 g/mol. The molecule has 0 bridgehead atoms. The molecule has 1 aromatic rings. The van der Waals surface area contributed by atoms with Crippen LogP contribution >= 0.6 is 15.9 Å². The standard InChI is InChI=1S/C14H16BrN3O/c15-12-5-3-4-11(10-12)13(14(19)17-7-6-16)18-8-1-2-9-18/h3-5,10,13H,1-2,7-9H2,(H,17,19). The molecule has 1 unspecified atom stereocenters. The van der Waals surface area contributed by atoms with E-state index in [1.54, 1.807) is 0 Å². The van der Waals surface area contributed by atoms with Gasteiger partial charge in [0.2, 0.25) is 5.91 Å². The van der Waals surface area contributed by atoms with Gasteiger partial charge in [-0.2, -0.15) is 5.26 Å². The topological polar surface area (TPSA) is 56.1 Å². The zero-order valence-electron chi connectivity index (χ0n) is 10.6. The summed E-state index contributed by atoms with van der Waals surface area (Å²) in [7, 11) is 0. The van der Waals surface area contributed by atoms with Crippen LogP contribution in [0.3, 0.4) is 0 Å². The average molecular weight is 322 g/mol. The van der Waals surface area contributed by atoms with Gasteiger partial charge < -0.3 is 5.32 Å². The number of nitrogens with zero attached hydrogens (tertiary/aromatic N) is 2. The molecule has 0 radical (unpaired) electrons. The van der Waals surface area contributed by atoms with E-state index in [4.69, 9.17) is 5.26 Å². The summed E-state index contributed by atoms with van der Waals surface area (Å²) in [5, 5.41) is 11.3. The van der Waals surface area contributed by atoms with Crippen LogP contribution in [0.4, 0.5) is 0 Å². The second-order valence-corrected chi connectivity index (χ2v) is 5.49. The van der Waals surface area contributed by atoms with Crippen LogP contribution in [0, 0.1) is 11.3 Å². The fourth-order valence-corrected chi connectivity index (χ4v) is 2.84. The smallest absolute Gasteiger partial charge is 0.242 e. The van der Waals surface area contributed by atoms with E-state index in [-0.39, 0.29) is 18.5 Å². The first-order valence-electron chi connectivity index (χ1n) is 6.36. The van der Waals surface area contributed by atoms with Crippen LogP contribution in [0.15, 0.2) is 28.7 Å². The van der Waals surface area contributed by atoms with Gasteiger partial charge >= 0.3 is 0 Å². The molecule has 1 aliphatic rings. The summed E-state index contributed by atoms with van der Waals surface area (Å²) in [5.41, 5.74) is 0.965. The number of hydrogen-bond acceptors (Lipinski definition) is 3. The molecule has 0 spiro atoms. The predicted octanol–water partition coefficient (Wildman–Crippen LogP) is 2.23. The lowest BCUT2D eigenvalue weighted by molar-refractivity contribution is -0.126. The molecule has 1 N–H and O–H groups in total. The van der Waals surface area contributed by atoms with Crippen molar-refractivity contribution in [1.82, 2.24) is 10.2 Å². The molecule has 1 heterocycles. The van der Waals surface area contributed by atoms with Crippen molar-refractivity contribution < 1.29 is 4.79 Å². The molecule has 5 heteroatoms. The van der Waals surface area contributed by atoms with Crippen molar-refractivity contribution in [2.45, 2.75) is 18.9 Å². The first-order chi connectivity index (χ1) is 9.22. The van der Waals surface area contributed by atoms with Gasteiger partial charge in [0, 0.05) is 4.47 Å². The van der Waals surface area contributed by atoms with Crippen molar-refractivity contribution in [2.75, 3.05) is 19.6 Å². The molecule has 2 rings (SSSR count). The minimum atomic E-state index is -0.298. The van der Waals surface area contributed by atoms with Crippen molar-refractivity contribution in [1.29, 1.82) is 5.26 Å². The number of carbonyl (C=O) groups is 1. The van der Waals surface area contributed by atoms with E-state index in [0.717, 1.165) is 36.0 Å². The van der Waals surface area contributed by atoms with Crippen LogP contribution in [0.25, 0.3) is 0 Å². The van der Waals surface area contributed by atoms with Crippen LogP contribution in [0.5, 0.6) is 0 Å². The summed E-state index contributed by atoms with van der Waals surface area (Å²) in [4.78, 5) is 14.5. The van der Waals surface area contributed by atoms with Gasteiger partial charge in [-0.3, -0.25) is 9.69 Å². The quantitative estimate of drug-likeness (QED) is 0.865. The third kappa shape index (κ3) is 3.55. The van der Waals surface area contributed by atoms with E-state index in [1.165, 1.54) is 0 Å². The second-order valence-electron chi connectivity index (χ2n) is 4.58. The van der Waals surface area contributed by atoms with Crippen LogP contribution in [-0.4, -0.2) is 30.4 Å². The minimum Gasteiger partial charge on any atom is -0.341 e. The lowest BCUT2D eigenvalue weighted by Gasteiger charge is -2.26. The SMILES string of the molecule is N#CCNC(=O)C(c1cccc(Br)c1)N1CCCC1. The number of nitriles is 1. The lowest BCUT2D eigenvalue weighted by atomic mass is 10.0. The Kier molecular flexibility index (Phi) is 4.94. The van der Waals surface area contributed by atoms with Gasteiger partial charge in [0.05, 0.1) is 6.07 Å². The summed E-state index contributed by atoms with van der Waals surface area (Å²) in [6, 6.07) is 9.45. The van der Waals surface area contributed by atoms with Crippen LogP contribution in [0.1, 0.15) is 24.4 Å². The van der Waals surface area contributed by atoms with Gasteiger partial charge in [0.15, 0.2) is 0 Å². The van der Waals surface area contributed by atoms with E-state index in [1.807, 2.05) is 30.3 Å². The molecule has 0 saturated carbocycles. The highest BCUT2D eigenvalue weighted by Gasteiger charge is 2.29. The van der Waals surface area contributed by atoms with E-state index in [9.17, 15) is 4.79 Å². The summed E-state index contributed by atoms with van der Waals surface area (Å²) >= 11 is 3.44. The van der Waals surface area contributed by atoms with E-state index in [2.05, 4.69) is 26.1 Å². The van der Waals surface area contributed by atoms with Gasteiger partial charge in [0.25, 0.3) is 0 Å². The molecule has 1 aromatic carbocycles. The molecular weight excluding hydrogens is 306 g/mol. The maximum absolute atomic E-state index is 12.3. The Morgan fingerprint density at radius 1 is 1.47 bits per heavy atom. The number of hydrogen-bond donors (Lipinski definition) is 1. The highest BCUT2D eigenvalue weighted by Crippen LogP contribution is 2.27. The number of nitrogens with one attached hydrogen (secondary N) is 1. The number of rotatable bonds is 4. The van der Waals surface area contributed by atoms with Crippen molar-refractivity contribution in [3.05, 3.63) is 34.3 Å². The molecule has 19 heavy (non-hydrogen) atoms. The Hall–Kier alpha value is -1.38. The number of benzene rings is 1. The zero-order chi connectivity index (χ0) is 13.7. The first kappa shape index (κ1) is 14.0. The van der Waals surface area contributed by atoms with Gasteiger partial charge in [0.1, 0.15) is 12.6 Å².